The van der Waals surface area contributed by atoms with Gasteiger partial charge in [0.25, 0.3) is 5.91 Å². The SMILES string of the molecule is Cc1nc(NC(=O)C2(C(=O)Nc3cc(Cl)cc(C(F)(F)F)c3)CC2)sc1C(=O)Nc1cc(C(F)(F)F)ccc1Cl. The van der Waals surface area contributed by atoms with Crippen molar-refractivity contribution < 1.29 is 40.7 Å². The number of anilines is 3. The summed E-state index contributed by atoms with van der Waals surface area (Å²) in [6.45, 7) is 1.42. The van der Waals surface area contributed by atoms with Gasteiger partial charge in [0.05, 0.1) is 27.5 Å². The number of nitrogens with zero attached hydrogens (tertiary/aromatic N) is 1. The molecular formula is C24H16Cl2F6N4O3S. The molecular weight excluding hydrogens is 609 g/mol. The summed E-state index contributed by atoms with van der Waals surface area (Å²) in [5.41, 5.74) is -4.10. The minimum absolute atomic E-state index is 0.0447. The van der Waals surface area contributed by atoms with Crippen molar-refractivity contribution in [2.75, 3.05) is 16.0 Å². The van der Waals surface area contributed by atoms with E-state index < -0.39 is 46.6 Å². The average molecular weight is 625 g/mol. The van der Waals surface area contributed by atoms with Gasteiger partial charge in [-0.1, -0.05) is 34.5 Å². The van der Waals surface area contributed by atoms with Crippen molar-refractivity contribution >= 4 is 68.8 Å². The number of thiazole rings is 1. The largest absolute Gasteiger partial charge is 0.416 e. The van der Waals surface area contributed by atoms with Crippen LogP contribution in [0.2, 0.25) is 10.0 Å². The molecule has 1 aliphatic carbocycles. The molecule has 0 radical (unpaired) electrons. The maximum absolute atomic E-state index is 13.1. The van der Waals surface area contributed by atoms with Crippen molar-refractivity contribution in [1.29, 1.82) is 0 Å². The van der Waals surface area contributed by atoms with Crippen LogP contribution >= 0.6 is 34.5 Å². The number of rotatable bonds is 6. The van der Waals surface area contributed by atoms with Gasteiger partial charge in [-0.25, -0.2) is 4.98 Å². The summed E-state index contributed by atoms with van der Waals surface area (Å²) in [4.78, 5) is 42.6. The molecule has 1 aliphatic rings. The quantitative estimate of drug-likeness (QED) is 0.196. The van der Waals surface area contributed by atoms with Crippen molar-refractivity contribution in [3.63, 3.8) is 0 Å². The minimum atomic E-state index is -4.71. The zero-order valence-corrected chi connectivity index (χ0v) is 22.3. The van der Waals surface area contributed by atoms with E-state index in [0.717, 1.165) is 18.2 Å². The Morgan fingerprint density at radius 3 is 2.10 bits per heavy atom. The molecule has 4 rings (SSSR count). The molecule has 0 unspecified atom stereocenters. The van der Waals surface area contributed by atoms with Crippen LogP contribution in [0.1, 0.15) is 39.3 Å². The summed E-state index contributed by atoms with van der Waals surface area (Å²) in [6.07, 6.45) is -9.18. The molecule has 40 heavy (non-hydrogen) atoms. The number of aromatic nitrogens is 1. The highest BCUT2D eigenvalue weighted by Crippen LogP contribution is 2.48. The third-order valence-corrected chi connectivity index (χ3v) is 7.49. The lowest BCUT2D eigenvalue weighted by atomic mass is 10.0. The lowest BCUT2D eigenvalue weighted by Crippen LogP contribution is -2.35. The van der Waals surface area contributed by atoms with Crippen LogP contribution in [0.5, 0.6) is 0 Å². The Morgan fingerprint density at radius 1 is 0.875 bits per heavy atom. The smallest absolute Gasteiger partial charge is 0.325 e. The molecule has 3 amide bonds. The van der Waals surface area contributed by atoms with E-state index in [9.17, 15) is 40.7 Å². The fraction of sp³-hybridized carbons (Fsp3) is 0.250. The van der Waals surface area contributed by atoms with Crippen molar-refractivity contribution in [1.82, 2.24) is 4.98 Å². The topological polar surface area (TPSA) is 100 Å². The number of benzene rings is 2. The Kier molecular flexibility index (Phi) is 7.82. The Labute approximate surface area is 235 Å². The maximum Gasteiger partial charge on any atom is 0.416 e. The fourth-order valence-electron chi connectivity index (χ4n) is 3.61. The highest BCUT2D eigenvalue weighted by Gasteiger charge is 2.57. The van der Waals surface area contributed by atoms with Crippen molar-refractivity contribution in [3.05, 3.63) is 68.1 Å². The van der Waals surface area contributed by atoms with Gasteiger partial charge in [0, 0.05) is 10.7 Å². The molecule has 16 heteroatoms. The summed E-state index contributed by atoms with van der Waals surface area (Å²) in [5, 5.41) is 6.51. The number of nitrogens with one attached hydrogen (secondary N) is 3. The normalized spacial score (nSPS) is 14.4. The number of carbonyl (C=O) groups is 3. The third-order valence-electron chi connectivity index (χ3n) is 5.87. The second kappa shape index (κ2) is 10.6. The van der Waals surface area contributed by atoms with Gasteiger partial charge in [-0.05, 0) is 56.2 Å². The van der Waals surface area contributed by atoms with Gasteiger partial charge in [0.1, 0.15) is 10.3 Å². The Morgan fingerprint density at radius 2 is 1.50 bits per heavy atom. The third kappa shape index (κ3) is 6.34. The highest BCUT2D eigenvalue weighted by molar-refractivity contribution is 7.17. The molecule has 0 aliphatic heterocycles. The molecule has 1 saturated carbocycles. The lowest BCUT2D eigenvalue weighted by Gasteiger charge is -2.16. The molecule has 0 spiro atoms. The van der Waals surface area contributed by atoms with Crippen molar-refractivity contribution in [2.24, 2.45) is 5.41 Å². The van der Waals surface area contributed by atoms with E-state index in [0.29, 0.717) is 29.5 Å². The molecule has 3 N–H and O–H groups in total. The molecule has 0 atom stereocenters. The van der Waals surface area contributed by atoms with Crippen LogP contribution in [0.3, 0.4) is 0 Å². The fourth-order valence-corrected chi connectivity index (χ4v) is 4.87. The summed E-state index contributed by atoms with van der Waals surface area (Å²) in [6, 6.07) is 4.90. The molecule has 0 saturated heterocycles. The first-order valence-corrected chi connectivity index (χ1v) is 12.7. The first-order chi connectivity index (χ1) is 18.5. The number of alkyl halides is 6. The Balaban J connectivity index is 1.46. The van der Waals surface area contributed by atoms with E-state index >= 15 is 0 Å². The monoisotopic (exact) mass is 624 g/mol. The summed E-state index contributed by atoms with van der Waals surface area (Å²) in [5.74, 6) is -2.49. The molecule has 1 heterocycles. The Hall–Kier alpha value is -3.36. The van der Waals surface area contributed by atoms with Crippen LogP contribution in [-0.2, 0) is 21.9 Å². The van der Waals surface area contributed by atoms with E-state index in [1.165, 1.54) is 6.92 Å². The first kappa shape index (κ1) is 29.6. The van der Waals surface area contributed by atoms with Crippen LogP contribution in [0.15, 0.2) is 36.4 Å². The standard InChI is InChI=1S/C24H16Cl2F6N4O3S/c1-10-17(18(37)35-16-8-11(23(27,28)29)2-3-15(16)26)40-21(33-10)36-20(39)22(4-5-22)19(38)34-14-7-12(24(30,31)32)6-13(25)9-14/h2-3,6-9H,4-5H2,1H3,(H,34,38)(H,35,37)(H,33,36,39). The molecule has 1 aromatic heterocycles. The number of hydrogen-bond donors (Lipinski definition) is 3. The van der Waals surface area contributed by atoms with Crippen LogP contribution in [0.25, 0.3) is 0 Å². The summed E-state index contributed by atoms with van der Waals surface area (Å²) in [7, 11) is 0. The van der Waals surface area contributed by atoms with Gasteiger partial charge in [-0.15, -0.1) is 0 Å². The molecule has 2 aromatic carbocycles. The van der Waals surface area contributed by atoms with Crippen LogP contribution in [0, 0.1) is 12.3 Å². The van der Waals surface area contributed by atoms with Gasteiger partial charge in [0.15, 0.2) is 5.13 Å². The second-order valence-corrected chi connectivity index (χ2v) is 10.6. The number of hydrogen-bond acceptors (Lipinski definition) is 5. The Bertz CT molecular complexity index is 1520. The molecule has 7 nitrogen and oxygen atoms in total. The minimum Gasteiger partial charge on any atom is -0.325 e. The van der Waals surface area contributed by atoms with Gasteiger partial charge in [-0.2, -0.15) is 26.3 Å². The van der Waals surface area contributed by atoms with E-state index in [1.807, 2.05) is 0 Å². The molecule has 1 fully saturated rings. The average Bonchev–Trinajstić information content (AvgIpc) is 3.57. The van der Waals surface area contributed by atoms with Gasteiger partial charge in [-0.3, -0.25) is 14.4 Å². The van der Waals surface area contributed by atoms with Crippen molar-refractivity contribution in [3.8, 4) is 0 Å². The lowest BCUT2D eigenvalue weighted by molar-refractivity contribution is -0.138. The summed E-state index contributed by atoms with van der Waals surface area (Å²) >= 11 is 12.4. The van der Waals surface area contributed by atoms with E-state index in [2.05, 4.69) is 20.9 Å². The number of amides is 3. The number of halogens is 8. The molecule has 0 bridgehead atoms. The van der Waals surface area contributed by atoms with Crippen LogP contribution < -0.4 is 16.0 Å². The zero-order valence-electron chi connectivity index (χ0n) is 20.0. The predicted molar refractivity (Wildman–Crippen MR) is 137 cm³/mol. The molecule has 3 aromatic rings. The summed E-state index contributed by atoms with van der Waals surface area (Å²) < 4.78 is 78.3. The van der Waals surface area contributed by atoms with Gasteiger partial charge < -0.3 is 16.0 Å². The molecule has 212 valence electrons. The predicted octanol–water partition coefficient (Wildman–Crippen LogP) is 7.41. The second-order valence-electron chi connectivity index (χ2n) is 8.80. The van der Waals surface area contributed by atoms with Gasteiger partial charge >= 0.3 is 12.4 Å². The van der Waals surface area contributed by atoms with E-state index in [-0.39, 0.29) is 50.0 Å². The zero-order chi connectivity index (χ0) is 29.6. The maximum atomic E-state index is 13.1. The van der Waals surface area contributed by atoms with E-state index in [1.54, 1.807) is 0 Å². The van der Waals surface area contributed by atoms with Crippen molar-refractivity contribution in [2.45, 2.75) is 32.1 Å². The van der Waals surface area contributed by atoms with Crippen LogP contribution in [-0.4, -0.2) is 22.7 Å². The van der Waals surface area contributed by atoms with E-state index in [4.69, 9.17) is 23.2 Å². The van der Waals surface area contributed by atoms with Crippen LogP contribution in [0.4, 0.5) is 42.8 Å². The number of aryl methyl sites for hydroxylation is 1. The first-order valence-electron chi connectivity index (χ1n) is 11.2. The van der Waals surface area contributed by atoms with Gasteiger partial charge in [0.2, 0.25) is 11.8 Å². The highest BCUT2D eigenvalue weighted by atomic mass is 35.5. The number of carbonyl (C=O) groups excluding carboxylic acids is 3.